The zero-order chi connectivity index (χ0) is 17.7. The van der Waals surface area contributed by atoms with Gasteiger partial charge in [0.1, 0.15) is 0 Å². The van der Waals surface area contributed by atoms with Crippen LogP contribution in [0, 0.1) is 11.8 Å². The molecule has 1 aromatic carbocycles. The van der Waals surface area contributed by atoms with Crippen LogP contribution in [0.1, 0.15) is 11.1 Å². The van der Waals surface area contributed by atoms with Gasteiger partial charge in [-0.1, -0.05) is 17.9 Å². The van der Waals surface area contributed by atoms with E-state index in [1.807, 2.05) is 0 Å². The standard InChI is InChI=1S/C14H15F3N2O3S/c1-19(23(2,21)22)10-13(20)18-8-4-6-11-5-3-7-12(9-11)14(15,16)17/h3,5,7,9H,8,10H2,1-2H3,(H,18,20). The van der Waals surface area contributed by atoms with E-state index in [4.69, 9.17) is 0 Å². The smallest absolute Gasteiger partial charge is 0.344 e. The number of alkyl halides is 3. The van der Waals surface area contributed by atoms with Crippen molar-refractivity contribution < 1.29 is 26.4 Å². The Hall–Kier alpha value is -2.05. The van der Waals surface area contributed by atoms with Crippen LogP contribution in [-0.2, 0) is 21.0 Å². The van der Waals surface area contributed by atoms with Crippen LogP contribution in [-0.4, -0.2) is 45.0 Å². The summed E-state index contributed by atoms with van der Waals surface area (Å²) in [6.07, 6.45) is -3.48. The average molecular weight is 348 g/mol. The molecule has 1 aromatic rings. The number of carbonyl (C=O) groups excluding carboxylic acids is 1. The Balaban J connectivity index is 2.58. The van der Waals surface area contributed by atoms with E-state index < -0.39 is 27.7 Å². The first kappa shape index (κ1) is 19.0. The second kappa shape index (κ2) is 7.48. The molecule has 0 saturated heterocycles. The van der Waals surface area contributed by atoms with E-state index in [0.29, 0.717) is 0 Å². The van der Waals surface area contributed by atoms with E-state index in [1.165, 1.54) is 19.2 Å². The number of likely N-dealkylation sites (N-methyl/N-ethyl adjacent to an activating group) is 1. The van der Waals surface area contributed by atoms with E-state index in [2.05, 4.69) is 17.2 Å². The van der Waals surface area contributed by atoms with Gasteiger partial charge in [-0.2, -0.15) is 17.5 Å². The van der Waals surface area contributed by atoms with E-state index >= 15 is 0 Å². The lowest BCUT2D eigenvalue weighted by Crippen LogP contribution is -2.37. The number of amides is 1. The molecule has 0 bridgehead atoms. The summed E-state index contributed by atoms with van der Waals surface area (Å²) in [4.78, 5) is 11.5. The Morgan fingerprint density at radius 2 is 2.00 bits per heavy atom. The monoisotopic (exact) mass is 348 g/mol. The Kier molecular flexibility index (Phi) is 6.18. The summed E-state index contributed by atoms with van der Waals surface area (Å²) in [6, 6.07) is 4.51. The fourth-order valence-corrected chi connectivity index (χ4v) is 1.79. The zero-order valence-electron chi connectivity index (χ0n) is 12.4. The van der Waals surface area contributed by atoms with Gasteiger partial charge >= 0.3 is 6.18 Å². The number of rotatable bonds is 4. The van der Waals surface area contributed by atoms with Crippen molar-refractivity contribution in [2.45, 2.75) is 6.18 Å². The van der Waals surface area contributed by atoms with Gasteiger partial charge in [0, 0.05) is 12.6 Å². The first-order chi connectivity index (χ1) is 10.5. The van der Waals surface area contributed by atoms with Crippen LogP contribution in [0.15, 0.2) is 24.3 Å². The molecular formula is C14H15F3N2O3S. The summed E-state index contributed by atoms with van der Waals surface area (Å²) in [5.41, 5.74) is -0.634. The summed E-state index contributed by atoms with van der Waals surface area (Å²) < 4.78 is 60.7. The molecule has 1 rings (SSSR count). The third-order valence-corrected chi connectivity index (χ3v) is 3.99. The number of hydrogen-bond donors (Lipinski definition) is 1. The van der Waals surface area contributed by atoms with Gasteiger partial charge in [0.15, 0.2) is 0 Å². The molecule has 126 valence electrons. The van der Waals surface area contributed by atoms with Crippen molar-refractivity contribution >= 4 is 15.9 Å². The van der Waals surface area contributed by atoms with Gasteiger partial charge in [-0.25, -0.2) is 8.42 Å². The van der Waals surface area contributed by atoms with Gasteiger partial charge < -0.3 is 5.32 Å². The molecule has 5 nitrogen and oxygen atoms in total. The Labute approximate surface area is 132 Å². The minimum atomic E-state index is -4.44. The SMILES string of the molecule is CN(CC(=O)NCC#Cc1cccc(C(F)(F)F)c1)S(C)(=O)=O. The van der Waals surface area contributed by atoms with E-state index in [1.54, 1.807) is 0 Å². The molecule has 9 heteroatoms. The Morgan fingerprint density at radius 1 is 1.35 bits per heavy atom. The normalized spacial score (nSPS) is 11.7. The maximum atomic E-state index is 12.5. The minimum absolute atomic E-state index is 0.104. The number of halogens is 3. The quantitative estimate of drug-likeness (QED) is 0.828. The number of benzene rings is 1. The summed E-state index contributed by atoms with van der Waals surface area (Å²) in [5, 5.41) is 2.36. The van der Waals surface area contributed by atoms with Crippen molar-refractivity contribution in [3.8, 4) is 11.8 Å². The van der Waals surface area contributed by atoms with Crippen LogP contribution in [0.25, 0.3) is 0 Å². The lowest BCUT2D eigenvalue weighted by molar-refractivity contribution is -0.137. The van der Waals surface area contributed by atoms with Crippen molar-refractivity contribution in [1.29, 1.82) is 0 Å². The van der Waals surface area contributed by atoms with Crippen LogP contribution in [0.5, 0.6) is 0 Å². The maximum Gasteiger partial charge on any atom is 0.416 e. The second-order valence-electron chi connectivity index (χ2n) is 4.68. The number of sulfonamides is 1. The average Bonchev–Trinajstić information content (AvgIpc) is 2.42. The van der Waals surface area contributed by atoms with E-state index in [9.17, 15) is 26.4 Å². The predicted octanol–water partition coefficient (Wildman–Crippen LogP) is 1.06. The molecule has 0 spiro atoms. The molecular weight excluding hydrogens is 333 g/mol. The number of nitrogens with one attached hydrogen (secondary N) is 1. The van der Waals surface area contributed by atoms with Crippen molar-refractivity contribution in [1.82, 2.24) is 9.62 Å². The number of carbonyl (C=O) groups is 1. The topological polar surface area (TPSA) is 66.5 Å². The Bertz CT molecular complexity index is 734. The molecule has 0 aromatic heterocycles. The highest BCUT2D eigenvalue weighted by Gasteiger charge is 2.30. The van der Waals surface area contributed by atoms with Gasteiger partial charge in [0.2, 0.25) is 15.9 Å². The molecule has 0 saturated carbocycles. The first-order valence-corrected chi connectivity index (χ1v) is 8.19. The highest BCUT2D eigenvalue weighted by atomic mass is 32.2. The molecule has 0 aliphatic heterocycles. The Morgan fingerprint density at radius 3 is 2.57 bits per heavy atom. The fraction of sp³-hybridized carbons (Fsp3) is 0.357. The third kappa shape index (κ3) is 6.71. The van der Waals surface area contributed by atoms with Gasteiger partial charge in [-0.15, -0.1) is 0 Å². The largest absolute Gasteiger partial charge is 0.416 e. The highest BCUT2D eigenvalue weighted by molar-refractivity contribution is 7.88. The molecule has 0 aliphatic carbocycles. The van der Waals surface area contributed by atoms with Crippen LogP contribution < -0.4 is 5.32 Å². The van der Waals surface area contributed by atoms with Gasteiger partial charge in [0.25, 0.3) is 0 Å². The molecule has 1 amide bonds. The third-order valence-electron chi connectivity index (χ3n) is 2.73. The molecule has 0 radical (unpaired) electrons. The lowest BCUT2D eigenvalue weighted by atomic mass is 10.1. The summed E-state index contributed by atoms with van der Waals surface area (Å²) in [7, 11) is -2.21. The summed E-state index contributed by atoms with van der Waals surface area (Å²) in [6.45, 7) is -0.462. The number of hydrogen-bond acceptors (Lipinski definition) is 3. The first-order valence-electron chi connectivity index (χ1n) is 6.34. The lowest BCUT2D eigenvalue weighted by Gasteiger charge is -2.12. The highest BCUT2D eigenvalue weighted by Crippen LogP contribution is 2.29. The molecule has 23 heavy (non-hydrogen) atoms. The zero-order valence-corrected chi connectivity index (χ0v) is 13.3. The molecule has 0 aliphatic rings. The maximum absolute atomic E-state index is 12.5. The van der Waals surface area contributed by atoms with Gasteiger partial charge in [0.05, 0.1) is 24.9 Å². The van der Waals surface area contributed by atoms with Crippen molar-refractivity contribution in [2.24, 2.45) is 0 Å². The fourth-order valence-electron chi connectivity index (χ4n) is 1.44. The van der Waals surface area contributed by atoms with Crippen molar-refractivity contribution in [3.63, 3.8) is 0 Å². The minimum Gasteiger partial charge on any atom is -0.344 e. The summed E-state index contributed by atoms with van der Waals surface area (Å²) >= 11 is 0. The van der Waals surface area contributed by atoms with Crippen molar-refractivity contribution in [3.05, 3.63) is 35.4 Å². The number of nitrogens with zero attached hydrogens (tertiary/aromatic N) is 1. The van der Waals surface area contributed by atoms with Crippen LogP contribution in [0.4, 0.5) is 13.2 Å². The van der Waals surface area contributed by atoms with E-state index in [-0.39, 0.29) is 18.7 Å². The molecule has 0 heterocycles. The van der Waals surface area contributed by atoms with Crippen molar-refractivity contribution in [2.75, 3.05) is 26.4 Å². The predicted molar refractivity (Wildman–Crippen MR) is 78.8 cm³/mol. The van der Waals surface area contributed by atoms with E-state index in [0.717, 1.165) is 22.7 Å². The van der Waals surface area contributed by atoms with Crippen LogP contribution in [0.2, 0.25) is 0 Å². The molecule has 0 fully saturated rings. The molecule has 0 unspecified atom stereocenters. The molecule has 1 N–H and O–H groups in total. The molecule has 0 atom stereocenters. The summed E-state index contributed by atoms with van der Waals surface area (Å²) in [5.74, 6) is 4.45. The van der Waals surface area contributed by atoms with Crippen LogP contribution in [0.3, 0.4) is 0 Å². The van der Waals surface area contributed by atoms with Gasteiger partial charge in [-0.3, -0.25) is 4.79 Å². The second-order valence-corrected chi connectivity index (χ2v) is 6.77. The van der Waals surface area contributed by atoms with Crippen LogP contribution >= 0.6 is 0 Å². The van der Waals surface area contributed by atoms with Gasteiger partial charge in [-0.05, 0) is 18.2 Å².